The first-order valence-electron chi connectivity index (χ1n) is 7.17. The fraction of sp³-hybridized carbons (Fsp3) is 0.167. The minimum absolute atomic E-state index is 0.246. The highest BCUT2D eigenvalue weighted by atomic mass is 19.1. The predicted molar refractivity (Wildman–Crippen MR) is 86.9 cm³/mol. The molecule has 2 aromatic carbocycles. The Morgan fingerprint density at radius 2 is 1.86 bits per heavy atom. The molecule has 22 heavy (non-hydrogen) atoms. The number of hydrogen-bond acceptors (Lipinski definition) is 1. The van der Waals surface area contributed by atoms with Gasteiger partial charge in [-0.05, 0) is 42.2 Å². The molecule has 0 aliphatic heterocycles. The van der Waals surface area contributed by atoms with Gasteiger partial charge in [0.25, 0.3) is 0 Å². The number of urea groups is 1. The number of halogens is 1. The van der Waals surface area contributed by atoms with Gasteiger partial charge in [0.15, 0.2) is 0 Å². The van der Waals surface area contributed by atoms with Crippen LogP contribution in [0.2, 0.25) is 0 Å². The fourth-order valence-electron chi connectivity index (χ4n) is 2.04. The van der Waals surface area contributed by atoms with E-state index in [0.29, 0.717) is 18.5 Å². The third kappa shape index (κ3) is 4.74. The average Bonchev–Trinajstić information content (AvgIpc) is 2.51. The molecule has 0 aliphatic carbocycles. The first-order chi connectivity index (χ1) is 10.7. The predicted octanol–water partition coefficient (Wildman–Crippen LogP) is 3.65. The minimum Gasteiger partial charge on any atom is -0.338 e. The molecular formula is C18H19FN2O. The molecule has 0 spiro atoms. The van der Waals surface area contributed by atoms with Gasteiger partial charge in [-0.25, -0.2) is 9.18 Å². The van der Waals surface area contributed by atoms with E-state index in [9.17, 15) is 9.18 Å². The lowest BCUT2D eigenvalue weighted by molar-refractivity contribution is 0.244. The van der Waals surface area contributed by atoms with E-state index in [1.54, 1.807) is 24.4 Å². The zero-order chi connectivity index (χ0) is 15.8. The molecular weight excluding hydrogens is 279 g/mol. The van der Waals surface area contributed by atoms with Crippen molar-refractivity contribution in [1.29, 1.82) is 0 Å². The van der Waals surface area contributed by atoms with Crippen LogP contribution in [0.3, 0.4) is 0 Å². The van der Waals surface area contributed by atoms with Crippen LogP contribution in [-0.2, 0) is 6.42 Å². The van der Waals surface area contributed by atoms with Crippen molar-refractivity contribution in [2.24, 2.45) is 0 Å². The Bertz CT molecular complexity index is 668. The Labute approximate surface area is 129 Å². The van der Waals surface area contributed by atoms with E-state index in [1.807, 2.05) is 37.3 Å². The number of benzene rings is 2. The van der Waals surface area contributed by atoms with Gasteiger partial charge in [0, 0.05) is 12.7 Å². The van der Waals surface area contributed by atoms with Crippen LogP contribution in [0.4, 0.5) is 9.18 Å². The number of aryl methyl sites for hydroxylation is 1. The van der Waals surface area contributed by atoms with Crippen LogP contribution in [0.15, 0.2) is 54.7 Å². The van der Waals surface area contributed by atoms with E-state index >= 15 is 0 Å². The molecule has 2 N–H and O–H groups in total. The lowest BCUT2D eigenvalue weighted by Crippen LogP contribution is -2.33. The van der Waals surface area contributed by atoms with Crippen LogP contribution >= 0.6 is 0 Å². The number of carbonyl (C=O) groups is 1. The van der Waals surface area contributed by atoms with E-state index in [2.05, 4.69) is 10.6 Å². The van der Waals surface area contributed by atoms with Crippen molar-refractivity contribution < 1.29 is 9.18 Å². The van der Waals surface area contributed by atoms with Gasteiger partial charge in [0.2, 0.25) is 0 Å². The molecule has 2 amide bonds. The van der Waals surface area contributed by atoms with Gasteiger partial charge in [-0.15, -0.1) is 0 Å². The summed E-state index contributed by atoms with van der Waals surface area (Å²) in [6.07, 6.45) is 3.90. The maximum absolute atomic E-state index is 13.4. The third-order valence-corrected chi connectivity index (χ3v) is 3.30. The molecule has 0 atom stereocenters. The van der Waals surface area contributed by atoms with Crippen molar-refractivity contribution in [3.05, 3.63) is 77.2 Å². The largest absolute Gasteiger partial charge is 0.338 e. The summed E-state index contributed by atoms with van der Waals surface area (Å²) < 4.78 is 13.4. The van der Waals surface area contributed by atoms with Crippen molar-refractivity contribution in [1.82, 2.24) is 10.6 Å². The topological polar surface area (TPSA) is 41.1 Å². The molecule has 2 rings (SSSR count). The molecule has 0 fully saturated rings. The molecule has 3 nitrogen and oxygen atoms in total. The lowest BCUT2D eigenvalue weighted by atomic mass is 10.1. The van der Waals surface area contributed by atoms with E-state index in [4.69, 9.17) is 0 Å². The average molecular weight is 298 g/mol. The maximum Gasteiger partial charge on any atom is 0.318 e. The van der Waals surface area contributed by atoms with E-state index in [-0.39, 0.29) is 11.8 Å². The summed E-state index contributed by atoms with van der Waals surface area (Å²) >= 11 is 0. The summed E-state index contributed by atoms with van der Waals surface area (Å²) in [4.78, 5) is 11.6. The first-order valence-corrected chi connectivity index (χ1v) is 7.17. The van der Waals surface area contributed by atoms with Gasteiger partial charge in [0.1, 0.15) is 5.82 Å². The van der Waals surface area contributed by atoms with Gasteiger partial charge < -0.3 is 10.6 Å². The van der Waals surface area contributed by atoms with Crippen molar-refractivity contribution in [2.75, 3.05) is 6.54 Å². The molecule has 0 aromatic heterocycles. The fourth-order valence-corrected chi connectivity index (χ4v) is 2.04. The zero-order valence-electron chi connectivity index (χ0n) is 12.5. The number of hydrogen-bond donors (Lipinski definition) is 2. The summed E-state index contributed by atoms with van der Waals surface area (Å²) in [5.41, 5.74) is 2.79. The smallest absolute Gasteiger partial charge is 0.318 e. The number of amides is 2. The van der Waals surface area contributed by atoms with Gasteiger partial charge in [-0.1, -0.05) is 42.5 Å². The second-order valence-corrected chi connectivity index (χ2v) is 4.93. The van der Waals surface area contributed by atoms with Crippen molar-refractivity contribution in [3.8, 4) is 0 Å². The number of nitrogens with one attached hydrogen (secondary N) is 2. The Hall–Kier alpha value is -2.62. The monoisotopic (exact) mass is 298 g/mol. The summed E-state index contributed by atoms with van der Waals surface area (Å²) in [5, 5.41) is 5.33. The van der Waals surface area contributed by atoms with Crippen LogP contribution in [-0.4, -0.2) is 12.6 Å². The molecule has 0 bridgehead atoms. The van der Waals surface area contributed by atoms with Gasteiger partial charge in [0.05, 0.1) is 0 Å². The minimum atomic E-state index is -0.304. The van der Waals surface area contributed by atoms with E-state index < -0.39 is 0 Å². The number of rotatable bonds is 5. The highest BCUT2D eigenvalue weighted by Gasteiger charge is 2.01. The third-order valence-electron chi connectivity index (χ3n) is 3.30. The Balaban J connectivity index is 1.75. The number of carbonyl (C=O) groups excluding carboxylic acids is 1. The highest BCUT2D eigenvalue weighted by molar-refractivity contribution is 5.76. The van der Waals surface area contributed by atoms with Crippen molar-refractivity contribution in [2.45, 2.75) is 13.3 Å². The molecule has 0 radical (unpaired) electrons. The molecule has 0 heterocycles. The summed E-state index contributed by atoms with van der Waals surface area (Å²) in [7, 11) is 0. The van der Waals surface area contributed by atoms with Crippen molar-refractivity contribution in [3.63, 3.8) is 0 Å². The maximum atomic E-state index is 13.4. The van der Waals surface area contributed by atoms with Crippen LogP contribution in [0.5, 0.6) is 0 Å². The van der Waals surface area contributed by atoms with Crippen LogP contribution in [0.1, 0.15) is 16.7 Å². The molecule has 0 saturated heterocycles. The zero-order valence-corrected chi connectivity index (χ0v) is 12.5. The molecule has 114 valence electrons. The molecule has 2 aromatic rings. The second kappa shape index (κ2) is 7.98. The van der Waals surface area contributed by atoms with E-state index in [1.165, 1.54) is 6.07 Å². The normalized spacial score (nSPS) is 10.6. The first kappa shape index (κ1) is 15.8. The molecule has 0 saturated carbocycles. The molecule has 0 aliphatic rings. The molecule has 4 heteroatoms. The highest BCUT2D eigenvalue weighted by Crippen LogP contribution is 2.08. The Kier molecular flexibility index (Phi) is 5.72. The second-order valence-electron chi connectivity index (χ2n) is 4.93. The Morgan fingerprint density at radius 3 is 2.64 bits per heavy atom. The van der Waals surface area contributed by atoms with E-state index in [0.717, 1.165) is 11.1 Å². The Morgan fingerprint density at radius 1 is 1.14 bits per heavy atom. The standard InChI is InChI=1S/C18H19FN2O/c1-14-6-2-3-7-15(14)10-12-20-18(22)21-13-11-16-8-4-5-9-17(16)19/h2-10,12H,11,13H2,1H3,(H2,20,21,22)/b12-10+. The molecule has 0 unspecified atom stereocenters. The van der Waals surface area contributed by atoms with Gasteiger partial charge in [-0.2, -0.15) is 0 Å². The lowest BCUT2D eigenvalue weighted by Gasteiger charge is -2.06. The van der Waals surface area contributed by atoms with Crippen molar-refractivity contribution >= 4 is 12.1 Å². The van der Waals surface area contributed by atoms with Gasteiger partial charge in [-0.3, -0.25) is 0 Å². The van der Waals surface area contributed by atoms with Gasteiger partial charge >= 0.3 is 6.03 Å². The van der Waals surface area contributed by atoms with Crippen LogP contribution < -0.4 is 10.6 Å². The summed E-state index contributed by atoms with van der Waals surface area (Å²) in [5.74, 6) is -0.246. The van der Waals surface area contributed by atoms with Crippen LogP contribution in [0, 0.1) is 12.7 Å². The van der Waals surface area contributed by atoms with Crippen LogP contribution in [0.25, 0.3) is 6.08 Å². The summed E-state index contributed by atoms with van der Waals surface area (Å²) in [6, 6.07) is 14.2. The quantitative estimate of drug-likeness (QED) is 0.869. The SMILES string of the molecule is Cc1ccccc1/C=C/NC(=O)NCCc1ccccc1F. The summed E-state index contributed by atoms with van der Waals surface area (Å²) in [6.45, 7) is 2.39.